The van der Waals surface area contributed by atoms with Crippen molar-refractivity contribution in [2.75, 3.05) is 0 Å². The predicted octanol–water partition coefficient (Wildman–Crippen LogP) is 1.49. The molecule has 0 spiro atoms. The molecule has 0 radical (unpaired) electrons. The first-order valence-electron chi connectivity index (χ1n) is 3.93. The molecule has 0 aromatic carbocycles. The highest BCUT2D eigenvalue weighted by Crippen LogP contribution is 2.04. The second-order valence-corrected chi connectivity index (χ2v) is 10.7. The van der Waals surface area contributed by atoms with Crippen LogP contribution in [-0.4, -0.2) is 17.9 Å². The highest BCUT2D eigenvalue weighted by molar-refractivity contribution is 7.08. The highest BCUT2D eigenvalue weighted by atomic mass is 32.1. The van der Waals surface area contributed by atoms with E-state index in [2.05, 4.69) is 24.7 Å². The fraction of sp³-hybridized carbons (Fsp3) is 0.714. The summed E-state index contributed by atoms with van der Waals surface area (Å²) in [5.41, 5.74) is 0. The molecule has 0 saturated carbocycles. The fourth-order valence-corrected chi connectivity index (χ4v) is 2.79. The van der Waals surface area contributed by atoms with Crippen molar-refractivity contribution >= 4 is 19.4 Å². The summed E-state index contributed by atoms with van der Waals surface area (Å²) in [6.07, 6.45) is 0.830. The summed E-state index contributed by atoms with van der Waals surface area (Å²) in [6, 6.07) is 0. The summed E-state index contributed by atoms with van der Waals surface area (Å²) >= 11 is 1.23. The third-order valence-corrected chi connectivity index (χ3v) is 3.34. The van der Waals surface area contributed by atoms with Gasteiger partial charge in [-0.3, -0.25) is 4.79 Å². The van der Waals surface area contributed by atoms with Crippen LogP contribution in [-0.2, 0) is 6.17 Å². The van der Waals surface area contributed by atoms with E-state index in [1.165, 1.54) is 11.3 Å². The maximum absolute atomic E-state index is 11.3. The van der Waals surface area contributed by atoms with E-state index in [-0.39, 0.29) is 4.87 Å². The Labute approximate surface area is 77.1 Å². The zero-order valence-corrected chi connectivity index (χ0v) is 9.73. The summed E-state index contributed by atoms with van der Waals surface area (Å²) in [7, 11) is -1.21. The Morgan fingerprint density at radius 1 is 1.50 bits per heavy atom. The average molecular weight is 202 g/mol. The van der Waals surface area contributed by atoms with Crippen molar-refractivity contribution in [2.45, 2.75) is 32.7 Å². The summed E-state index contributed by atoms with van der Waals surface area (Å²) in [5, 5.41) is 5.01. The Balaban J connectivity index is 2.90. The van der Waals surface area contributed by atoms with Crippen LogP contribution in [0, 0.1) is 6.92 Å². The van der Waals surface area contributed by atoms with E-state index in [0.717, 1.165) is 11.2 Å². The van der Waals surface area contributed by atoms with E-state index in [1.54, 1.807) is 4.68 Å². The van der Waals surface area contributed by atoms with Crippen molar-refractivity contribution in [3.05, 3.63) is 14.7 Å². The Morgan fingerprint density at radius 3 is 2.42 bits per heavy atom. The second-order valence-electron chi connectivity index (χ2n) is 4.11. The Kier molecular flexibility index (Phi) is 2.53. The largest absolute Gasteiger partial charge is 0.324 e. The van der Waals surface area contributed by atoms with Crippen LogP contribution < -0.4 is 4.87 Å². The molecule has 0 aliphatic heterocycles. The first-order chi connectivity index (χ1) is 5.38. The molecule has 0 fully saturated rings. The second kappa shape index (κ2) is 3.14. The molecule has 1 aromatic heterocycles. The van der Waals surface area contributed by atoms with Gasteiger partial charge in [-0.25, -0.2) is 4.68 Å². The van der Waals surface area contributed by atoms with Crippen LogP contribution in [0.2, 0.25) is 19.6 Å². The Hall–Kier alpha value is -0.423. The van der Waals surface area contributed by atoms with E-state index in [9.17, 15) is 4.79 Å². The lowest BCUT2D eigenvalue weighted by molar-refractivity contribution is 0.694. The van der Waals surface area contributed by atoms with Gasteiger partial charge in [-0.15, -0.1) is 0 Å². The van der Waals surface area contributed by atoms with Gasteiger partial charge in [0, 0.05) is 6.17 Å². The van der Waals surface area contributed by atoms with E-state index in [1.807, 2.05) is 6.92 Å². The number of rotatable bonds is 2. The van der Waals surface area contributed by atoms with E-state index >= 15 is 0 Å². The molecule has 0 atom stereocenters. The summed E-state index contributed by atoms with van der Waals surface area (Å²) in [4.78, 5) is 11.3. The van der Waals surface area contributed by atoms with Gasteiger partial charge in [0.1, 0.15) is 5.01 Å². The number of aromatic nitrogens is 2. The minimum Gasteiger partial charge on any atom is -0.255 e. The van der Waals surface area contributed by atoms with Crippen LogP contribution in [0.4, 0.5) is 0 Å². The van der Waals surface area contributed by atoms with Gasteiger partial charge < -0.3 is 0 Å². The van der Waals surface area contributed by atoms with E-state index < -0.39 is 8.07 Å². The number of hydrogen-bond donors (Lipinski definition) is 0. The minimum absolute atomic E-state index is 0.0786. The molecule has 1 rings (SSSR count). The van der Waals surface area contributed by atoms with Crippen LogP contribution in [0.5, 0.6) is 0 Å². The number of aryl methyl sites for hydroxylation is 1. The monoisotopic (exact) mass is 202 g/mol. The summed E-state index contributed by atoms with van der Waals surface area (Å²) < 4.78 is 1.60. The molecular weight excluding hydrogens is 188 g/mol. The van der Waals surface area contributed by atoms with Crippen molar-refractivity contribution in [1.29, 1.82) is 0 Å². The Morgan fingerprint density at radius 2 is 2.08 bits per heavy atom. The standard InChI is InChI=1S/C7H14N2OSSi/c1-6-8-9(7(10)11-6)5-12(2,3)4/h5H2,1-4H3. The van der Waals surface area contributed by atoms with Gasteiger partial charge in [0.2, 0.25) is 0 Å². The minimum atomic E-state index is -1.21. The first-order valence-corrected chi connectivity index (χ1v) is 8.45. The van der Waals surface area contributed by atoms with Crippen LogP contribution >= 0.6 is 11.3 Å². The lowest BCUT2D eigenvalue weighted by Gasteiger charge is -2.13. The van der Waals surface area contributed by atoms with Gasteiger partial charge in [0.15, 0.2) is 0 Å². The Bertz CT molecular complexity index is 323. The lowest BCUT2D eigenvalue weighted by Crippen LogP contribution is -2.32. The van der Waals surface area contributed by atoms with Crippen LogP contribution in [0.15, 0.2) is 4.79 Å². The normalized spacial score (nSPS) is 12.0. The first kappa shape index (κ1) is 9.66. The maximum Gasteiger partial charge on any atom is 0.324 e. The van der Waals surface area contributed by atoms with Crippen molar-refractivity contribution in [2.24, 2.45) is 0 Å². The van der Waals surface area contributed by atoms with Crippen molar-refractivity contribution < 1.29 is 0 Å². The molecule has 0 saturated heterocycles. The molecule has 68 valence electrons. The molecule has 0 unspecified atom stereocenters. The lowest BCUT2D eigenvalue weighted by atomic mass is 10.9. The molecule has 12 heavy (non-hydrogen) atoms. The third-order valence-electron chi connectivity index (χ3n) is 1.33. The third kappa shape index (κ3) is 2.56. The van der Waals surface area contributed by atoms with Gasteiger partial charge in [-0.2, -0.15) is 5.10 Å². The molecule has 0 aliphatic carbocycles. The van der Waals surface area contributed by atoms with E-state index in [4.69, 9.17) is 0 Å². The van der Waals surface area contributed by atoms with Crippen LogP contribution in [0.25, 0.3) is 0 Å². The van der Waals surface area contributed by atoms with Gasteiger partial charge >= 0.3 is 4.87 Å². The molecule has 0 aliphatic rings. The molecule has 0 amide bonds. The molecule has 0 bridgehead atoms. The van der Waals surface area contributed by atoms with E-state index in [0.29, 0.717) is 0 Å². The van der Waals surface area contributed by atoms with Crippen LogP contribution in [0.3, 0.4) is 0 Å². The molecular formula is C7H14N2OSSi. The molecule has 1 aromatic rings. The van der Waals surface area contributed by atoms with Crippen molar-refractivity contribution in [1.82, 2.24) is 9.78 Å². The van der Waals surface area contributed by atoms with Crippen molar-refractivity contribution in [3.63, 3.8) is 0 Å². The number of hydrogen-bond acceptors (Lipinski definition) is 3. The number of nitrogens with zero attached hydrogens (tertiary/aromatic N) is 2. The molecule has 3 nitrogen and oxygen atoms in total. The van der Waals surface area contributed by atoms with Gasteiger partial charge in [0.25, 0.3) is 0 Å². The SMILES string of the molecule is Cc1nn(C[Si](C)(C)C)c(=O)s1. The predicted molar refractivity (Wildman–Crippen MR) is 54.5 cm³/mol. The maximum atomic E-state index is 11.3. The zero-order valence-electron chi connectivity index (χ0n) is 7.92. The fourth-order valence-electron chi connectivity index (χ4n) is 0.959. The smallest absolute Gasteiger partial charge is 0.255 e. The van der Waals surface area contributed by atoms with Gasteiger partial charge in [-0.1, -0.05) is 31.0 Å². The average Bonchev–Trinajstić information content (AvgIpc) is 2.06. The van der Waals surface area contributed by atoms with Gasteiger partial charge in [-0.05, 0) is 6.92 Å². The summed E-state index contributed by atoms with van der Waals surface area (Å²) in [6.45, 7) is 8.56. The van der Waals surface area contributed by atoms with Gasteiger partial charge in [0.05, 0.1) is 8.07 Å². The quantitative estimate of drug-likeness (QED) is 0.681. The topological polar surface area (TPSA) is 34.9 Å². The van der Waals surface area contributed by atoms with Crippen molar-refractivity contribution in [3.8, 4) is 0 Å². The molecule has 1 heterocycles. The highest BCUT2D eigenvalue weighted by Gasteiger charge is 2.16. The molecule has 5 heteroatoms. The summed E-state index contributed by atoms with van der Waals surface area (Å²) in [5.74, 6) is 0. The zero-order chi connectivity index (χ0) is 9.35. The van der Waals surface area contributed by atoms with Crippen LogP contribution in [0.1, 0.15) is 5.01 Å². The molecule has 0 N–H and O–H groups in total.